The van der Waals surface area contributed by atoms with Gasteiger partial charge in [-0.05, 0) is 58.0 Å². The highest BCUT2D eigenvalue weighted by molar-refractivity contribution is 5.94. The molecule has 0 spiro atoms. The van der Waals surface area contributed by atoms with Gasteiger partial charge in [0.2, 0.25) is 0 Å². The Labute approximate surface area is 165 Å². The van der Waals surface area contributed by atoms with Gasteiger partial charge in [0, 0.05) is 37.3 Å². The van der Waals surface area contributed by atoms with Gasteiger partial charge in [-0.15, -0.1) is 24.8 Å². The highest BCUT2D eigenvalue weighted by Gasteiger charge is 2.22. The summed E-state index contributed by atoms with van der Waals surface area (Å²) in [4.78, 5) is 17.0. The SMILES string of the molecule is CCN(Cc1ccc(C(=O)N2CCC(NC)CC2)cc1)C(C)C.Cl.Cl. The first-order valence-corrected chi connectivity index (χ1v) is 8.84. The van der Waals surface area contributed by atoms with Gasteiger partial charge in [0.05, 0.1) is 0 Å². The second-order valence-corrected chi connectivity index (χ2v) is 6.71. The smallest absolute Gasteiger partial charge is 0.253 e. The van der Waals surface area contributed by atoms with E-state index in [0.717, 1.165) is 44.6 Å². The largest absolute Gasteiger partial charge is 0.339 e. The number of hydrogen-bond acceptors (Lipinski definition) is 3. The molecule has 144 valence electrons. The Morgan fingerprint density at radius 3 is 2.20 bits per heavy atom. The van der Waals surface area contributed by atoms with Crippen LogP contribution < -0.4 is 5.32 Å². The van der Waals surface area contributed by atoms with E-state index in [9.17, 15) is 4.79 Å². The van der Waals surface area contributed by atoms with Gasteiger partial charge in [-0.2, -0.15) is 0 Å². The molecule has 4 nitrogen and oxygen atoms in total. The highest BCUT2D eigenvalue weighted by Crippen LogP contribution is 2.15. The number of benzene rings is 1. The zero-order valence-electron chi connectivity index (χ0n) is 15.8. The molecule has 1 heterocycles. The summed E-state index contributed by atoms with van der Waals surface area (Å²) in [5, 5.41) is 3.30. The molecule has 1 aromatic carbocycles. The Balaban J connectivity index is 0.00000288. The topological polar surface area (TPSA) is 35.6 Å². The fraction of sp³-hybridized carbons (Fsp3) is 0.632. The zero-order chi connectivity index (χ0) is 16.8. The molecule has 1 fully saturated rings. The molecule has 0 saturated carbocycles. The molecule has 0 atom stereocenters. The summed E-state index contributed by atoms with van der Waals surface area (Å²) in [5.41, 5.74) is 2.08. The van der Waals surface area contributed by atoms with Gasteiger partial charge in [-0.25, -0.2) is 0 Å². The minimum absolute atomic E-state index is 0. The van der Waals surface area contributed by atoms with E-state index in [-0.39, 0.29) is 30.7 Å². The molecule has 1 amide bonds. The third-order valence-corrected chi connectivity index (χ3v) is 4.91. The van der Waals surface area contributed by atoms with Gasteiger partial charge in [-0.1, -0.05) is 19.1 Å². The lowest BCUT2D eigenvalue weighted by Crippen LogP contribution is -2.43. The van der Waals surface area contributed by atoms with Gasteiger partial charge in [0.1, 0.15) is 0 Å². The Bertz CT molecular complexity index is 500. The number of nitrogens with one attached hydrogen (secondary N) is 1. The lowest BCUT2D eigenvalue weighted by Gasteiger charge is -2.32. The van der Waals surface area contributed by atoms with Crippen LogP contribution in [0, 0.1) is 0 Å². The third kappa shape index (κ3) is 6.78. The maximum atomic E-state index is 12.6. The number of nitrogens with zero attached hydrogens (tertiary/aromatic N) is 2. The van der Waals surface area contributed by atoms with E-state index in [1.54, 1.807) is 0 Å². The number of halogens is 2. The summed E-state index contributed by atoms with van der Waals surface area (Å²) in [6.45, 7) is 10.3. The molecular formula is C19H33Cl2N3O. The van der Waals surface area contributed by atoms with Crippen molar-refractivity contribution < 1.29 is 4.79 Å². The van der Waals surface area contributed by atoms with E-state index in [1.807, 2.05) is 24.1 Å². The lowest BCUT2D eigenvalue weighted by atomic mass is 10.0. The Morgan fingerprint density at radius 2 is 1.76 bits per heavy atom. The van der Waals surface area contributed by atoms with Crippen molar-refractivity contribution in [2.45, 2.75) is 52.2 Å². The van der Waals surface area contributed by atoms with Gasteiger partial charge in [-0.3, -0.25) is 9.69 Å². The molecular weight excluding hydrogens is 357 g/mol. The van der Waals surface area contributed by atoms with Crippen LogP contribution in [0.2, 0.25) is 0 Å². The first-order valence-electron chi connectivity index (χ1n) is 8.84. The van der Waals surface area contributed by atoms with E-state index in [4.69, 9.17) is 0 Å². The predicted molar refractivity (Wildman–Crippen MR) is 110 cm³/mol. The molecule has 0 aromatic heterocycles. The van der Waals surface area contributed by atoms with Crippen LogP contribution >= 0.6 is 24.8 Å². The summed E-state index contributed by atoms with van der Waals surface area (Å²) in [5.74, 6) is 0.169. The summed E-state index contributed by atoms with van der Waals surface area (Å²) in [7, 11) is 2.00. The Hall–Kier alpha value is -0.810. The molecule has 0 unspecified atom stereocenters. The number of carbonyl (C=O) groups is 1. The van der Waals surface area contributed by atoms with Crippen molar-refractivity contribution in [3.8, 4) is 0 Å². The van der Waals surface area contributed by atoms with Gasteiger partial charge in [0.15, 0.2) is 0 Å². The van der Waals surface area contributed by atoms with Gasteiger partial charge >= 0.3 is 0 Å². The van der Waals surface area contributed by atoms with Gasteiger partial charge < -0.3 is 10.2 Å². The summed E-state index contributed by atoms with van der Waals surface area (Å²) < 4.78 is 0. The van der Waals surface area contributed by atoms with Crippen molar-refractivity contribution in [1.82, 2.24) is 15.1 Å². The molecule has 25 heavy (non-hydrogen) atoms. The number of likely N-dealkylation sites (tertiary alicyclic amines) is 1. The molecule has 0 radical (unpaired) electrons. The fourth-order valence-electron chi connectivity index (χ4n) is 3.20. The van der Waals surface area contributed by atoms with Crippen LogP contribution in [0.3, 0.4) is 0 Å². The molecule has 1 aliphatic heterocycles. The van der Waals surface area contributed by atoms with Crippen molar-refractivity contribution >= 4 is 30.7 Å². The zero-order valence-corrected chi connectivity index (χ0v) is 17.5. The van der Waals surface area contributed by atoms with Crippen molar-refractivity contribution in [1.29, 1.82) is 0 Å². The number of amides is 1. The summed E-state index contributed by atoms with van der Waals surface area (Å²) >= 11 is 0. The van der Waals surface area contributed by atoms with Crippen molar-refractivity contribution in [3.05, 3.63) is 35.4 Å². The van der Waals surface area contributed by atoms with E-state index in [1.165, 1.54) is 5.56 Å². The van der Waals surface area contributed by atoms with Crippen molar-refractivity contribution in [3.63, 3.8) is 0 Å². The summed E-state index contributed by atoms with van der Waals surface area (Å²) in [6, 6.07) is 9.25. The molecule has 1 aromatic rings. The van der Waals surface area contributed by atoms with E-state index >= 15 is 0 Å². The molecule has 0 aliphatic carbocycles. The third-order valence-electron chi connectivity index (χ3n) is 4.91. The summed E-state index contributed by atoms with van der Waals surface area (Å²) in [6.07, 6.45) is 2.08. The van der Waals surface area contributed by atoms with Crippen LogP contribution in [0.4, 0.5) is 0 Å². The minimum atomic E-state index is 0. The molecule has 1 saturated heterocycles. The van der Waals surface area contributed by atoms with Crippen molar-refractivity contribution in [2.75, 3.05) is 26.7 Å². The standard InChI is InChI=1S/C19H31N3O.2ClH/c1-5-21(15(2)3)14-16-6-8-17(9-7-16)19(23)22-12-10-18(20-4)11-13-22;;/h6-9,15,18,20H,5,10-14H2,1-4H3;2*1H. The van der Waals surface area contributed by atoms with Crippen molar-refractivity contribution in [2.24, 2.45) is 0 Å². The number of rotatable bonds is 6. The quantitative estimate of drug-likeness (QED) is 0.807. The minimum Gasteiger partial charge on any atom is -0.339 e. The number of hydrogen-bond donors (Lipinski definition) is 1. The van der Waals surface area contributed by atoms with Crippen LogP contribution in [0.15, 0.2) is 24.3 Å². The van der Waals surface area contributed by atoms with E-state index in [2.05, 4.69) is 43.1 Å². The fourth-order valence-corrected chi connectivity index (χ4v) is 3.20. The van der Waals surface area contributed by atoms with Crippen LogP contribution in [-0.2, 0) is 6.54 Å². The molecule has 6 heteroatoms. The second kappa shape index (κ2) is 11.7. The predicted octanol–water partition coefficient (Wildman–Crippen LogP) is 3.58. The normalized spacial score (nSPS) is 15.0. The second-order valence-electron chi connectivity index (χ2n) is 6.71. The number of piperidine rings is 1. The van der Waals surface area contributed by atoms with E-state index < -0.39 is 0 Å². The van der Waals surface area contributed by atoms with Crippen LogP contribution in [0.25, 0.3) is 0 Å². The Kier molecular flexibility index (Phi) is 11.4. The molecule has 1 N–H and O–H groups in total. The van der Waals surface area contributed by atoms with Crippen LogP contribution in [0.5, 0.6) is 0 Å². The average Bonchev–Trinajstić information content (AvgIpc) is 2.59. The lowest BCUT2D eigenvalue weighted by molar-refractivity contribution is 0.0707. The first-order chi connectivity index (χ1) is 11.0. The van der Waals surface area contributed by atoms with Gasteiger partial charge in [0.25, 0.3) is 5.91 Å². The molecule has 1 aliphatic rings. The number of carbonyl (C=O) groups excluding carboxylic acids is 1. The molecule has 2 rings (SSSR count). The van der Waals surface area contributed by atoms with Crippen LogP contribution in [-0.4, -0.2) is 54.5 Å². The Morgan fingerprint density at radius 1 is 1.20 bits per heavy atom. The first kappa shape index (κ1) is 24.2. The van der Waals surface area contributed by atoms with E-state index in [0.29, 0.717) is 12.1 Å². The molecule has 0 bridgehead atoms. The maximum Gasteiger partial charge on any atom is 0.253 e. The highest BCUT2D eigenvalue weighted by atomic mass is 35.5. The average molecular weight is 390 g/mol. The monoisotopic (exact) mass is 389 g/mol. The van der Waals surface area contributed by atoms with Crippen LogP contribution in [0.1, 0.15) is 49.5 Å². The maximum absolute atomic E-state index is 12.6.